The number of anilines is 1. The molecule has 2 aliphatic heterocycles. The maximum Gasteiger partial charge on any atom is 0.327 e. The Morgan fingerprint density at radius 1 is 1.43 bits per heavy atom. The number of carboxylic acids is 1. The molecule has 0 bridgehead atoms. The second-order valence-electron chi connectivity index (χ2n) is 5.02. The van der Waals surface area contributed by atoms with E-state index in [1.165, 1.54) is 16.7 Å². The molecule has 1 saturated heterocycles. The summed E-state index contributed by atoms with van der Waals surface area (Å²) in [6.07, 6.45) is -0.692. The van der Waals surface area contributed by atoms with Gasteiger partial charge < -0.3 is 20.1 Å². The molecular formula is C14H16N2O4S. The third-order valence-electron chi connectivity index (χ3n) is 3.67. The molecule has 6 nitrogen and oxygen atoms in total. The molecule has 3 unspecified atom stereocenters. The van der Waals surface area contributed by atoms with E-state index in [2.05, 4.69) is 5.32 Å². The molecule has 112 valence electrons. The van der Waals surface area contributed by atoms with E-state index in [-0.39, 0.29) is 11.3 Å². The molecule has 0 aliphatic carbocycles. The highest BCUT2D eigenvalue weighted by Gasteiger charge is 2.43. The quantitative estimate of drug-likeness (QED) is 0.855. The van der Waals surface area contributed by atoms with Gasteiger partial charge >= 0.3 is 5.97 Å². The highest BCUT2D eigenvalue weighted by molar-refractivity contribution is 8.00. The molecule has 3 atom stereocenters. The minimum absolute atomic E-state index is 0.153. The van der Waals surface area contributed by atoms with Crippen molar-refractivity contribution in [2.75, 3.05) is 17.6 Å². The number of hydrogen-bond acceptors (Lipinski definition) is 5. The molecule has 0 radical (unpaired) electrons. The second kappa shape index (κ2) is 5.48. The number of fused-ring (bicyclic) bond motifs is 1. The van der Waals surface area contributed by atoms with Crippen LogP contribution in [0.1, 0.15) is 6.92 Å². The maximum atomic E-state index is 12.6. The highest BCUT2D eigenvalue weighted by Crippen LogP contribution is 2.32. The molecular weight excluding hydrogens is 292 g/mol. The molecule has 0 spiro atoms. The van der Waals surface area contributed by atoms with Crippen LogP contribution in [-0.2, 0) is 9.59 Å². The summed E-state index contributed by atoms with van der Waals surface area (Å²) in [5.74, 6) is -0.210. The zero-order valence-corrected chi connectivity index (χ0v) is 12.3. The van der Waals surface area contributed by atoms with Gasteiger partial charge in [0, 0.05) is 5.75 Å². The Balaban J connectivity index is 1.78. The third-order valence-corrected chi connectivity index (χ3v) is 4.89. The number of thioether (sulfide) groups is 1. The Bertz CT molecular complexity index is 580. The van der Waals surface area contributed by atoms with Gasteiger partial charge in [0.05, 0.1) is 17.6 Å². The van der Waals surface area contributed by atoms with Gasteiger partial charge in [-0.2, -0.15) is 0 Å². The molecule has 1 aromatic rings. The van der Waals surface area contributed by atoms with Crippen molar-refractivity contribution in [3.8, 4) is 5.75 Å². The summed E-state index contributed by atoms with van der Waals surface area (Å²) in [5.41, 5.74) is 0.847. The molecule has 1 fully saturated rings. The minimum atomic E-state index is -0.968. The van der Waals surface area contributed by atoms with Crippen LogP contribution in [0, 0.1) is 0 Å². The van der Waals surface area contributed by atoms with Crippen LogP contribution >= 0.6 is 11.8 Å². The van der Waals surface area contributed by atoms with Gasteiger partial charge in [-0.1, -0.05) is 12.1 Å². The molecule has 3 rings (SSSR count). The largest absolute Gasteiger partial charge is 0.480 e. The summed E-state index contributed by atoms with van der Waals surface area (Å²) in [6, 6.07) is 6.61. The van der Waals surface area contributed by atoms with Gasteiger partial charge in [-0.25, -0.2) is 4.79 Å². The zero-order chi connectivity index (χ0) is 15.0. The highest BCUT2D eigenvalue weighted by atomic mass is 32.2. The normalized spacial score (nSPS) is 27.5. The topological polar surface area (TPSA) is 78.9 Å². The van der Waals surface area contributed by atoms with E-state index < -0.39 is 18.1 Å². The number of amides is 1. The van der Waals surface area contributed by atoms with E-state index in [4.69, 9.17) is 4.74 Å². The van der Waals surface area contributed by atoms with Gasteiger partial charge in [-0.3, -0.25) is 4.79 Å². The number of para-hydroxylation sites is 2. The first-order chi connectivity index (χ1) is 10.1. The number of rotatable bonds is 2. The van der Waals surface area contributed by atoms with E-state index in [0.29, 0.717) is 18.0 Å². The van der Waals surface area contributed by atoms with Crippen molar-refractivity contribution in [3.05, 3.63) is 24.3 Å². The lowest BCUT2D eigenvalue weighted by atomic mass is 10.2. The fourth-order valence-corrected chi connectivity index (χ4v) is 3.76. The number of hydrogen-bond donors (Lipinski definition) is 2. The molecule has 2 aliphatic rings. The summed E-state index contributed by atoms with van der Waals surface area (Å²) >= 11 is 1.47. The predicted octanol–water partition coefficient (Wildman–Crippen LogP) is 1.23. The van der Waals surface area contributed by atoms with Crippen molar-refractivity contribution in [3.63, 3.8) is 0 Å². The van der Waals surface area contributed by atoms with E-state index in [1.54, 1.807) is 6.07 Å². The van der Waals surface area contributed by atoms with E-state index in [0.717, 1.165) is 5.69 Å². The summed E-state index contributed by atoms with van der Waals surface area (Å²) in [4.78, 5) is 25.3. The number of carbonyl (C=O) groups is 2. The van der Waals surface area contributed by atoms with Gasteiger partial charge in [0.15, 0.2) is 6.10 Å². The molecule has 1 amide bonds. The Kier molecular flexibility index (Phi) is 3.67. The fraction of sp³-hybridized carbons (Fsp3) is 0.429. The van der Waals surface area contributed by atoms with Crippen LogP contribution in [0.3, 0.4) is 0 Å². The molecule has 1 aromatic carbocycles. The first-order valence-corrected chi connectivity index (χ1v) is 7.79. The number of carboxylic acid groups (broad SMARTS) is 1. The van der Waals surface area contributed by atoms with Gasteiger partial charge in [0.1, 0.15) is 11.8 Å². The summed E-state index contributed by atoms with van der Waals surface area (Å²) in [6.45, 7) is 2.19. The molecule has 7 heteroatoms. The monoisotopic (exact) mass is 308 g/mol. The molecule has 2 heterocycles. The van der Waals surface area contributed by atoms with Crippen molar-refractivity contribution in [1.29, 1.82) is 0 Å². The smallest absolute Gasteiger partial charge is 0.327 e. The Labute approximate surface area is 126 Å². The lowest BCUT2D eigenvalue weighted by Gasteiger charge is -2.32. The number of nitrogens with zero attached hydrogens (tertiary/aromatic N) is 1. The van der Waals surface area contributed by atoms with E-state index in [1.807, 2.05) is 25.1 Å². The summed E-state index contributed by atoms with van der Waals surface area (Å²) in [5, 5.41) is 12.2. The lowest BCUT2D eigenvalue weighted by Crippen LogP contribution is -2.53. The van der Waals surface area contributed by atoms with Gasteiger partial charge in [-0.05, 0) is 19.1 Å². The van der Waals surface area contributed by atoms with Crippen molar-refractivity contribution in [2.24, 2.45) is 0 Å². The molecule has 21 heavy (non-hydrogen) atoms. The van der Waals surface area contributed by atoms with Crippen LogP contribution in [0.15, 0.2) is 24.3 Å². The first kappa shape index (κ1) is 14.1. The second-order valence-corrected chi connectivity index (χ2v) is 6.36. The number of nitrogens with one attached hydrogen (secondary N) is 1. The number of benzene rings is 1. The van der Waals surface area contributed by atoms with E-state index in [9.17, 15) is 14.7 Å². The molecule has 0 aromatic heterocycles. The van der Waals surface area contributed by atoms with Gasteiger partial charge in [-0.15, -0.1) is 11.8 Å². The average Bonchev–Trinajstić information content (AvgIpc) is 2.88. The van der Waals surface area contributed by atoms with Crippen LogP contribution in [-0.4, -0.2) is 51.7 Å². The van der Waals surface area contributed by atoms with E-state index >= 15 is 0 Å². The van der Waals surface area contributed by atoms with Crippen LogP contribution < -0.4 is 10.1 Å². The van der Waals surface area contributed by atoms with Gasteiger partial charge in [0.25, 0.3) is 5.91 Å². The first-order valence-electron chi connectivity index (χ1n) is 6.74. The lowest BCUT2D eigenvalue weighted by molar-refractivity contribution is -0.152. The molecule has 2 N–H and O–H groups in total. The average molecular weight is 308 g/mol. The Morgan fingerprint density at radius 2 is 2.19 bits per heavy atom. The van der Waals surface area contributed by atoms with Crippen molar-refractivity contribution >= 4 is 29.3 Å². The van der Waals surface area contributed by atoms with Crippen molar-refractivity contribution in [1.82, 2.24) is 4.90 Å². The fourth-order valence-electron chi connectivity index (χ4n) is 2.58. The van der Waals surface area contributed by atoms with Crippen LogP contribution in [0.4, 0.5) is 5.69 Å². The number of ether oxygens (including phenoxy) is 1. The Hall–Kier alpha value is -1.89. The third kappa shape index (κ3) is 2.53. The van der Waals surface area contributed by atoms with Crippen LogP contribution in [0.2, 0.25) is 0 Å². The summed E-state index contributed by atoms with van der Waals surface area (Å²) < 4.78 is 5.73. The summed E-state index contributed by atoms with van der Waals surface area (Å²) in [7, 11) is 0. The standard InChI is InChI=1S/C14H16N2O4S/c1-8-16(10(7-21-8)14(18)19)13(17)12-6-15-9-4-2-3-5-11(9)20-12/h2-5,8,10,12,15H,6-7H2,1H3,(H,18,19). The van der Waals surface area contributed by atoms with Crippen molar-refractivity contribution < 1.29 is 19.4 Å². The van der Waals surface area contributed by atoms with Crippen LogP contribution in [0.25, 0.3) is 0 Å². The SMILES string of the molecule is CC1SCC(C(=O)O)N1C(=O)C1CNc2ccccc2O1. The Morgan fingerprint density at radius 3 is 2.95 bits per heavy atom. The number of carbonyl (C=O) groups excluding carboxylic acids is 1. The minimum Gasteiger partial charge on any atom is -0.480 e. The van der Waals surface area contributed by atoms with Gasteiger partial charge in [0.2, 0.25) is 0 Å². The molecule has 0 saturated carbocycles. The zero-order valence-electron chi connectivity index (χ0n) is 11.5. The van der Waals surface area contributed by atoms with Crippen molar-refractivity contribution in [2.45, 2.75) is 24.4 Å². The maximum absolute atomic E-state index is 12.6. The number of aliphatic carboxylic acids is 1. The predicted molar refractivity (Wildman–Crippen MR) is 79.5 cm³/mol. The van der Waals surface area contributed by atoms with Crippen LogP contribution in [0.5, 0.6) is 5.75 Å².